The van der Waals surface area contributed by atoms with Crippen LogP contribution in [0.25, 0.3) is 0 Å². The zero-order valence-electron chi connectivity index (χ0n) is 19.2. The van der Waals surface area contributed by atoms with Crippen molar-refractivity contribution in [3.8, 4) is 0 Å². The van der Waals surface area contributed by atoms with Gasteiger partial charge in [0, 0.05) is 12.1 Å². The van der Waals surface area contributed by atoms with E-state index in [1.165, 1.54) is 7.11 Å². The molecule has 31 heavy (non-hydrogen) atoms. The minimum atomic E-state index is -0.452. The van der Waals surface area contributed by atoms with Gasteiger partial charge >= 0.3 is 12.2 Å². The summed E-state index contributed by atoms with van der Waals surface area (Å²) in [7, 11) is 1.36. The van der Waals surface area contributed by atoms with E-state index in [0.29, 0.717) is 25.0 Å². The van der Waals surface area contributed by atoms with Gasteiger partial charge in [-0.25, -0.2) is 19.4 Å². The Balaban J connectivity index is 0.000000316. The third kappa shape index (κ3) is 12.7. The van der Waals surface area contributed by atoms with E-state index in [2.05, 4.69) is 25.1 Å². The summed E-state index contributed by atoms with van der Waals surface area (Å²) in [5, 5.41) is 22.3. The zero-order valence-corrected chi connectivity index (χ0v) is 19.2. The summed E-state index contributed by atoms with van der Waals surface area (Å²) in [5.41, 5.74) is -0.452. The molecule has 0 unspecified atom stereocenters. The fourth-order valence-corrected chi connectivity index (χ4v) is 3.86. The first-order valence-electron chi connectivity index (χ1n) is 11.0. The SMILES string of the molecule is CC(C)(C)OC(=O)NC1CCC(COO)CC1.COC(=O)NC1CCC(COO)CC1. The van der Waals surface area contributed by atoms with Crippen LogP contribution in [-0.2, 0) is 19.2 Å². The lowest BCUT2D eigenvalue weighted by Crippen LogP contribution is -2.41. The predicted octanol–water partition coefficient (Wildman–Crippen LogP) is 3.95. The van der Waals surface area contributed by atoms with Crippen molar-refractivity contribution in [2.75, 3.05) is 20.3 Å². The second kappa shape index (κ2) is 14.4. The van der Waals surface area contributed by atoms with Crippen LogP contribution >= 0.6 is 0 Å². The molecule has 0 aromatic rings. The standard InChI is InChI=1S/C12H23NO4.C9H17NO4/c1-12(2,3)17-11(14)13-10-6-4-9(5-7-10)8-16-15;1-13-9(11)10-8-4-2-7(3-5-8)6-14-12/h9-10,15H,4-8H2,1-3H3,(H,13,14);7-8,12H,2-6H2,1H3,(H,10,11). The minimum Gasteiger partial charge on any atom is -0.453 e. The monoisotopic (exact) mass is 448 g/mol. The third-order valence-corrected chi connectivity index (χ3v) is 5.54. The molecule has 4 N–H and O–H groups in total. The topological polar surface area (TPSA) is 136 Å². The summed E-state index contributed by atoms with van der Waals surface area (Å²) in [6, 6.07) is 0.386. The lowest BCUT2D eigenvalue weighted by molar-refractivity contribution is -0.252. The molecule has 0 aromatic heterocycles. The van der Waals surface area contributed by atoms with Crippen molar-refractivity contribution in [1.29, 1.82) is 0 Å². The molecule has 0 bridgehead atoms. The van der Waals surface area contributed by atoms with Gasteiger partial charge in [-0.2, -0.15) is 0 Å². The Morgan fingerprint density at radius 3 is 1.48 bits per heavy atom. The molecule has 0 aromatic carbocycles. The zero-order chi connectivity index (χ0) is 23.3. The Bertz CT molecular complexity index is 510. The average Bonchev–Trinajstić information content (AvgIpc) is 2.70. The summed E-state index contributed by atoms with van der Waals surface area (Å²) >= 11 is 0. The molecular formula is C21H40N2O8. The highest BCUT2D eigenvalue weighted by molar-refractivity contribution is 5.68. The van der Waals surface area contributed by atoms with Crippen LogP contribution in [0.5, 0.6) is 0 Å². The second-order valence-electron chi connectivity index (χ2n) is 9.31. The van der Waals surface area contributed by atoms with Crippen LogP contribution in [0.1, 0.15) is 72.1 Å². The van der Waals surface area contributed by atoms with E-state index in [9.17, 15) is 9.59 Å². The summed E-state index contributed by atoms with van der Waals surface area (Å²) in [6.07, 6.45) is 6.80. The Morgan fingerprint density at radius 1 is 0.774 bits per heavy atom. The lowest BCUT2D eigenvalue weighted by Gasteiger charge is -2.29. The van der Waals surface area contributed by atoms with Crippen molar-refractivity contribution in [2.24, 2.45) is 11.8 Å². The van der Waals surface area contributed by atoms with Gasteiger partial charge in [-0.05, 0) is 84.0 Å². The number of methoxy groups -OCH3 is 1. The van der Waals surface area contributed by atoms with Crippen molar-refractivity contribution in [3.63, 3.8) is 0 Å². The van der Waals surface area contributed by atoms with Crippen LogP contribution in [0.15, 0.2) is 0 Å². The van der Waals surface area contributed by atoms with Gasteiger partial charge in [0.2, 0.25) is 0 Å². The number of hydrogen-bond donors (Lipinski definition) is 4. The third-order valence-electron chi connectivity index (χ3n) is 5.54. The smallest absolute Gasteiger partial charge is 0.407 e. The largest absolute Gasteiger partial charge is 0.453 e. The number of rotatable bonds is 6. The first-order valence-corrected chi connectivity index (χ1v) is 11.0. The molecular weight excluding hydrogens is 408 g/mol. The normalized spacial score (nSPS) is 26.1. The van der Waals surface area contributed by atoms with Gasteiger partial charge in [0.1, 0.15) is 5.60 Å². The Labute approximate surface area is 184 Å². The Hall–Kier alpha value is -1.62. The van der Waals surface area contributed by atoms with Crippen molar-refractivity contribution in [1.82, 2.24) is 10.6 Å². The summed E-state index contributed by atoms with van der Waals surface area (Å²) in [6.45, 7) is 6.33. The molecule has 2 amide bonds. The molecule has 2 aliphatic rings. The number of amides is 2. The molecule has 2 saturated carbocycles. The summed E-state index contributed by atoms with van der Waals surface area (Å²) < 4.78 is 9.71. The van der Waals surface area contributed by atoms with Gasteiger partial charge in [0.05, 0.1) is 20.3 Å². The van der Waals surface area contributed by atoms with Gasteiger partial charge in [-0.1, -0.05) is 0 Å². The molecule has 0 spiro atoms. The summed E-state index contributed by atoms with van der Waals surface area (Å²) in [4.78, 5) is 30.7. The molecule has 0 heterocycles. The molecule has 10 nitrogen and oxygen atoms in total. The number of carbonyl (C=O) groups excluding carboxylic acids is 2. The Kier molecular flexibility index (Phi) is 12.8. The van der Waals surface area contributed by atoms with Crippen LogP contribution in [0, 0.1) is 11.8 Å². The molecule has 10 heteroatoms. The fraction of sp³-hybridized carbons (Fsp3) is 0.905. The second-order valence-corrected chi connectivity index (χ2v) is 9.31. The highest BCUT2D eigenvalue weighted by atomic mass is 17.1. The fourth-order valence-electron chi connectivity index (χ4n) is 3.86. The number of alkyl carbamates (subject to hydrolysis) is 2. The maximum Gasteiger partial charge on any atom is 0.407 e. The van der Waals surface area contributed by atoms with Crippen LogP contribution in [0.2, 0.25) is 0 Å². The molecule has 2 rings (SSSR count). The quantitative estimate of drug-likeness (QED) is 0.354. The molecule has 182 valence electrons. The van der Waals surface area contributed by atoms with Gasteiger partial charge in [0.15, 0.2) is 0 Å². The number of ether oxygens (including phenoxy) is 2. The van der Waals surface area contributed by atoms with Gasteiger partial charge in [0.25, 0.3) is 0 Å². The molecule has 0 aliphatic heterocycles. The maximum atomic E-state index is 11.5. The van der Waals surface area contributed by atoms with Crippen molar-refractivity contribution in [2.45, 2.75) is 89.8 Å². The summed E-state index contributed by atoms with van der Waals surface area (Å²) in [5.74, 6) is 0.812. The first-order chi connectivity index (χ1) is 14.7. The van der Waals surface area contributed by atoms with E-state index in [1.807, 2.05) is 20.8 Å². The highest BCUT2D eigenvalue weighted by Crippen LogP contribution is 2.25. The van der Waals surface area contributed by atoms with Crippen molar-refractivity contribution >= 4 is 12.2 Å². The average molecular weight is 449 g/mol. The molecule has 0 saturated heterocycles. The van der Waals surface area contributed by atoms with Gasteiger partial charge in [-0.3, -0.25) is 10.5 Å². The van der Waals surface area contributed by atoms with E-state index in [0.717, 1.165) is 51.4 Å². The van der Waals surface area contributed by atoms with E-state index in [-0.39, 0.29) is 24.3 Å². The van der Waals surface area contributed by atoms with E-state index < -0.39 is 5.60 Å². The molecule has 0 atom stereocenters. The number of carbonyl (C=O) groups is 2. The molecule has 2 aliphatic carbocycles. The number of hydrogen-bond acceptors (Lipinski definition) is 8. The number of nitrogens with one attached hydrogen (secondary N) is 2. The Morgan fingerprint density at radius 2 is 1.16 bits per heavy atom. The first kappa shape index (κ1) is 27.4. The minimum absolute atomic E-state index is 0.180. The van der Waals surface area contributed by atoms with Crippen LogP contribution in [0.3, 0.4) is 0 Å². The lowest BCUT2D eigenvalue weighted by atomic mass is 9.87. The van der Waals surface area contributed by atoms with Crippen molar-refractivity contribution in [3.05, 3.63) is 0 Å². The van der Waals surface area contributed by atoms with E-state index in [4.69, 9.17) is 15.3 Å². The van der Waals surface area contributed by atoms with Crippen LogP contribution in [-0.4, -0.2) is 60.7 Å². The maximum absolute atomic E-state index is 11.5. The van der Waals surface area contributed by atoms with Gasteiger partial charge in [-0.15, -0.1) is 0 Å². The van der Waals surface area contributed by atoms with E-state index in [1.54, 1.807) is 0 Å². The van der Waals surface area contributed by atoms with Gasteiger partial charge < -0.3 is 20.1 Å². The highest BCUT2D eigenvalue weighted by Gasteiger charge is 2.25. The van der Waals surface area contributed by atoms with Crippen LogP contribution in [0.4, 0.5) is 9.59 Å². The van der Waals surface area contributed by atoms with Crippen molar-refractivity contribution < 1.29 is 39.4 Å². The molecule has 0 radical (unpaired) electrons. The van der Waals surface area contributed by atoms with E-state index >= 15 is 0 Å². The van der Waals surface area contributed by atoms with Crippen LogP contribution < -0.4 is 10.6 Å². The molecule has 2 fully saturated rings. The predicted molar refractivity (Wildman–Crippen MR) is 114 cm³/mol.